The molecule has 9 heteroatoms. The molecule has 1 saturated heterocycles. The highest BCUT2D eigenvalue weighted by Gasteiger charge is 2.39. The predicted molar refractivity (Wildman–Crippen MR) is 96.3 cm³/mol. The van der Waals surface area contributed by atoms with E-state index in [4.69, 9.17) is 9.47 Å². The van der Waals surface area contributed by atoms with Gasteiger partial charge in [0.05, 0.1) is 13.2 Å². The molecule has 6 nitrogen and oxygen atoms in total. The summed E-state index contributed by atoms with van der Waals surface area (Å²) in [7, 11) is 0. The second-order valence-corrected chi connectivity index (χ2v) is 7.33. The number of pyridine rings is 1. The number of morpholine rings is 1. The van der Waals surface area contributed by atoms with Crippen molar-refractivity contribution in [3.05, 3.63) is 23.9 Å². The molecule has 3 rings (SSSR count). The van der Waals surface area contributed by atoms with Crippen LogP contribution in [0, 0.1) is 0 Å². The fourth-order valence-corrected chi connectivity index (χ4v) is 4.02. The third kappa shape index (κ3) is 5.35. The minimum Gasteiger partial charge on any atom is -0.467 e. The number of hydrogen-bond acceptors (Lipinski definition) is 5. The van der Waals surface area contributed by atoms with Crippen molar-refractivity contribution in [3.8, 4) is 5.88 Å². The third-order valence-electron chi connectivity index (χ3n) is 5.43. The molecule has 2 heterocycles. The number of nitrogens with one attached hydrogen (secondary N) is 1. The van der Waals surface area contributed by atoms with Crippen molar-refractivity contribution in [2.24, 2.45) is 0 Å². The summed E-state index contributed by atoms with van der Waals surface area (Å²) in [6.07, 6.45) is 2.15. The van der Waals surface area contributed by atoms with Crippen molar-refractivity contribution in [3.63, 3.8) is 0 Å². The van der Waals surface area contributed by atoms with Crippen LogP contribution >= 0.6 is 0 Å². The Bertz CT molecular complexity index is 657. The lowest BCUT2D eigenvalue weighted by Gasteiger charge is -2.48. The maximum atomic E-state index is 12.7. The van der Waals surface area contributed by atoms with E-state index in [1.807, 2.05) is 0 Å². The molecule has 156 valence electrons. The molecule has 2 fully saturated rings. The zero-order valence-corrected chi connectivity index (χ0v) is 15.8. The summed E-state index contributed by atoms with van der Waals surface area (Å²) < 4.78 is 47.5. The van der Waals surface area contributed by atoms with Gasteiger partial charge in [0, 0.05) is 31.4 Å². The first kappa shape index (κ1) is 20.9. The highest BCUT2D eigenvalue weighted by Crippen LogP contribution is 2.34. The van der Waals surface area contributed by atoms with Crippen LogP contribution in [0.1, 0.15) is 42.5 Å². The SMILES string of the molecule is O=C(NCC1(N2CCOCC2)CCCCC1)c1cccnc1OCC(F)(F)F. The van der Waals surface area contributed by atoms with Gasteiger partial charge in [0.25, 0.3) is 5.91 Å². The Balaban J connectivity index is 1.68. The highest BCUT2D eigenvalue weighted by atomic mass is 19.4. The number of aromatic nitrogens is 1. The molecule has 0 unspecified atom stereocenters. The zero-order chi connectivity index (χ0) is 20.0. The van der Waals surface area contributed by atoms with Crippen LogP contribution in [-0.2, 0) is 4.74 Å². The van der Waals surface area contributed by atoms with Gasteiger partial charge in [0.1, 0.15) is 5.56 Å². The van der Waals surface area contributed by atoms with E-state index in [1.54, 1.807) is 0 Å². The molecule has 0 atom stereocenters. The molecule has 0 aromatic carbocycles. The number of alkyl halides is 3. The van der Waals surface area contributed by atoms with Crippen molar-refractivity contribution in [2.45, 2.75) is 43.8 Å². The van der Waals surface area contributed by atoms with Crippen LogP contribution in [0.3, 0.4) is 0 Å². The topological polar surface area (TPSA) is 63.7 Å². The minimum atomic E-state index is -4.49. The normalized spacial score (nSPS) is 20.5. The summed E-state index contributed by atoms with van der Waals surface area (Å²) in [5, 5.41) is 2.92. The molecule has 0 radical (unpaired) electrons. The molecule has 28 heavy (non-hydrogen) atoms. The van der Waals surface area contributed by atoms with E-state index < -0.39 is 18.7 Å². The summed E-state index contributed by atoms with van der Waals surface area (Å²) in [6.45, 7) is 1.95. The Morgan fingerprint density at radius 1 is 1.25 bits per heavy atom. The fourth-order valence-electron chi connectivity index (χ4n) is 4.02. The van der Waals surface area contributed by atoms with Crippen LogP contribution in [0.5, 0.6) is 5.88 Å². The molecule has 1 N–H and O–H groups in total. The van der Waals surface area contributed by atoms with Crippen molar-refractivity contribution in [2.75, 3.05) is 39.5 Å². The zero-order valence-electron chi connectivity index (χ0n) is 15.8. The average Bonchev–Trinajstić information content (AvgIpc) is 2.71. The molecule has 1 aliphatic carbocycles. The molecular formula is C19H26F3N3O3. The highest BCUT2D eigenvalue weighted by molar-refractivity contribution is 5.96. The van der Waals surface area contributed by atoms with Gasteiger partial charge in [-0.15, -0.1) is 0 Å². The molecule has 1 saturated carbocycles. The van der Waals surface area contributed by atoms with Gasteiger partial charge < -0.3 is 14.8 Å². The molecular weight excluding hydrogens is 375 g/mol. The second kappa shape index (κ2) is 9.09. The van der Waals surface area contributed by atoms with E-state index in [0.717, 1.165) is 38.8 Å². The van der Waals surface area contributed by atoms with Crippen molar-refractivity contribution < 1.29 is 27.4 Å². The van der Waals surface area contributed by atoms with Gasteiger partial charge in [-0.05, 0) is 25.0 Å². The van der Waals surface area contributed by atoms with E-state index in [0.29, 0.717) is 19.8 Å². The van der Waals surface area contributed by atoms with Gasteiger partial charge in [0.2, 0.25) is 5.88 Å². The number of ether oxygens (including phenoxy) is 2. The van der Waals surface area contributed by atoms with Crippen LogP contribution < -0.4 is 10.1 Å². The smallest absolute Gasteiger partial charge is 0.422 e. The van der Waals surface area contributed by atoms with E-state index in [9.17, 15) is 18.0 Å². The third-order valence-corrected chi connectivity index (χ3v) is 5.43. The van der Waals surface area contributed by atoms with Crippen LogP contribution in [-0.4, -0.2) is 67.0 Å². The largest absolute Gasteiger partial charge is 0.467 e. The average molecular weight is 401 g/mol. The fraction of sp³-hybridized carbons (Fsp3) is 0.684. The Hall–Kier alpha value is -1.87. The van der Waals surface area contributed by atoms with Crippen LogP contribution in [0.15, 0.2) is 18.3 Å². The molecule has 1 aromatic rings. The molecule has 2 aliphatic rings. The second-order valence-electron chi connectivity index (χ2n) is 7.33. The summed E-state index contributed by atoms with van der Waals surface area (Å²) in [5.74, 6) is -0.773. The number of carbonyl (C=O) groups excluding carboxylic acids is 1. The van der Waals surface area contributed by atoms with Gasteiger partial charge >= 0.3 is 6.18 Å². The quantitative estimate of drug-likeness (QED) is 0.794. The molecule has 1 aliphatic heterocycles. The van der Waals surface area contributed by atoms with Crippen LogP contribution in [0.2, 0.25) is 0 Å². The number of carbonyl (C=O) groups is 1. The maximum Gasteiger partial charge on any atom is 0.422 e. The number of halogens is 3. The van der Waals surface area contributed by atoms with Crippen molar-refractivity contribution in [1.29, 1.82) is 0 Å². The first-order valence-corrected chi connectivity index (χ1v) is 9.65. The van der Waals surface area contributed by atoms with Gasteiger partial charge in [-0.3, -0.25) is 9.69 Å². The summed E-state index contributed by atoms with van der Waals surface area (Å²) in [5.41, 5.74) is -0.118. The molecule has 0 spiro atoms. The van der Waals surface area contributed by atoms with Crippen LogP contribution in [0.4, 0.5) is 13.2 Å². The lowest BCUT2D eigenvalue weighted by molar-refractivity contribution is -0.154. The Morgan fingerprint density at radius 2 is 1.96 bits per heavy atom. The molecule has 1 aromatic heterocycles. The number of rotatable bonds is 6. The van der Waals surface area contributed by atoms with Gasteiger partial charge in [-0.25, -0.2) is 4.98 Å². The van der Waals surface area contributed by atoms with E-state index in [1.165, 1.54) is 24.8 Å². The molecule has 1 amide bonds. The van der Waals surface area contributed by atoms with Crippen molar-refractivity contribution in [1.82, 2.24) is 15.2 Å². The van der Waals surface area contributed by atoms with Gasteiger partial charge in [-0.1, -0.05) is 19.3 Å². The Kier molecular flexibility index (Phi) is 6.77. The number of amides is 1. The lowest BCUT2D eigenvalue weighted by atomic mass is 9.79. The number of hydrogen-bond donors (Lipinski definition) is 1. The summed E-state index contributed by atoms with van der Waals surface area (Å²) >= 11 is 0. The monoisotopic (exact) mass is 401 g/mol. The van der Waals surface area contributed by atoms with Gasteiger partial charge in [0.15, 0.2) is 6.61 Å². The standard InChI is InChI=1S/C19H26F3N3O3/c20-19(21,22)14-28-17-15(5-4-8-23-17)16(26)24-13-18(6-2-1-3-7-18)25-9-11-27-12-10-25/h4-5,8H,1-3,6-7,9-14H2,(H,24,26). The lowest BCUT2D eigenvalue weighted by Crippen LogP contribution is -2.59. The van der Waals surface area contributed by atoms with Crippen LogP contribution in [0.25, 0.3) is 0 Å². The summed E-state index contributed by atoms with van der Waals surface area (Å²) in [6, 6.07) is 2.93. The van der Waals surface area contributed by atoms with E-state index in [2.05, 4.69) is 15.2 Å². The predicted octanol–water partition coefficient (Wildman–Crippen LogP) is 2.79. The number of nitrogens with zero attached hydrogens (tertiary/aromatic N) is 2. The first-order valence-electron chi connectivity index (χ1n) is 9.65. The Morgan fingerprint density at radius 3 is 2.64 bits per heavy atom. The molecule has 0 bridgehead atoms. The van der Waals surface area contributed by atoms with Gasteiger partial charge in [-0.2, -0.15) is 13.2 Å². The first-order chi connectivity index (χ1) is 13.4. The Labute approximate surface area is 162 Å². The minimum absolute atomic E-state index is 0.0136. The maximum absolute atomic E-state index is 12.7. The summed E-state index contributed by atoms with van der Waals surface area (Å²) in [4.78, 5) is 18.9. The van der Waals surface area contributed by atoms with E-state index in [-0.39, 0.29) is 17.0 Å². The van der Waals surface area contributed by atoms with E-state index >= 15 is 0 Å². The van der Waals surface area contributed by atoms with Crippen molar-refractivity contribution >= 4 is 5.91 Å².